The summed E-state index contributed by atoms with van der Waals surface area (Å²) in [6.45, 7) is 3.01. The second-order valence-corrected chi connectivity index (χ2v) is 4.00. The van der Waals surface area contributed by atoms with Gasteiger partial charge in [0.25, 0.3) is 0 Å². The summed E-state index contributed by atoms with van der Waals surface area (Å²) in [6, 6.07) is 1.69. The van der Waals surface area contributed by atoms with Gasteiger partial charge in [0, 0.05) is 19.2 Å². The average molecular weight is 240 g/mol. The van der Waals surface area contributed by atoms with Crippen LogP contribution in [0.15, 0.2) is 6.07 Å². The number of nitrogens with zero attached hydrogens (tertiary/aromatic N) is 2. The van der Waals surface area contributed by atoms with Crippen molar-refractivity contribution in [3.63, 3.8) is 0 Å². The molecule has 0 radical (unpaired) electrons. The van der Waals surface area contributed by atoms with Crippen LogP contribution in [0.25, 0.3) is 0 Å². The fraction of sp³-hybridized carbons (Fsp3) is 0.600. The molecular weight excluding hydrogens is 220 g/mol. The van der Waals surface area contributed by atoms with Crippen LogP contribution in [0, 0.1) is 5.92 Å². The Bertz CT molecular complexity index is 346. The van der Waals surface area contributed by atoms with Crippen molar-refractivity contribution in [2.45, 2.75) is 19.8 Å². The van der Waals surface area contributed by atoms with E-state index in [2.05, 4.69) is 20.7 Å². The molecule has 0 saturated heterocycles. The molecule has 0 aliphatic carbocycles. The van der Waals surface area contributed by atoms with Gasteiger partial charge in [-0.05, 0) is 18.8 Å². The van der Waals surface area contributed by atoms with Crippen molar-refractivity contribution >= 4 is 17.6 Å². The second-order valence-electron chi connectivity index (χ2n) is 4.00. The summed E-state index contributed by atoms with van der Waals surface area (Å²) in [4.78, 5) is 7.91. The lowest BCUT2D eigenvalue weighted by Gasteiger charge is -2.09. The molecule has 1 aromatic heterocycles. The largest absolute Gasteiger partial charge is 0.396 e. The molecule has 96 valence electrons. The Morgan fingerprint density at radius 3 is 2.76 bits per heavy atom. The van der Waals surface area contributed by atoms with Gasteiger partial charge in [0.15, 0.2) is 0 Å². The highest BCUT2D eigenvalue weighted by molar-refractivity contribution is 5.50. The van der Waals surface area contributed by atoms with Crippen LogP contribution < -0.4 is 22.3 Å². The van der Waals surface area contributed by atoms with Gasteiger partial charge < -0.3 is 21.6 Å². The van der Waals surface area contributed by atoms with Crippen LogP contribution in [0.2, 0.25) is 0 Å². The van der Waals surface area contributed by atoms with Crippen LogP contribution in [0.5, 0.6) is 0 Å². The highest BCUT2D eigenvalue weighted by Gasteiger charge is 2.02. The highest BCUT2D eigenvalue weighted by atomic mass is 16.3. The van der Waals surface area contributed by atoms with E-state index < -0.39 is 0 Å². The van der Waals surface area contributed by atoms with Gasteiger partial charge in [-0.3, -0.25) is 0 Å². The third-order valence-electron chi connectivity index (χ3n) is 2.38. The first-order valence-electron chi connectivity index (χ1n) is 5.61. The van der Waals surface area contributed by atoms with Crippen LogP contribution >= 0.6 is 0 Å². The summed E-state index contributed by atoms with van der Waals surface area (Å²) in [5.74, 6) is 6.87. The number of hydrogen-bond donors (Lipinski definition) is 5. The highest BCUT2D eigenvalue weighted by Crippen LogP contribution is 2.12. The maximum absolute atomic E-state index is 8.88. The van der Waals surface area contributed by atoms with E-state index >= 15 is 0 Å². The summed E-state index contributed by atoms with van der Waals surface area (Å²) in [5.41, 5.74) is 7.94. The third kappa shape index (κ3) is 4.83. The Labute approximate surface area is 101 Å². The van der Waals surface area contributed by atoms with Crippen LogP contribution in [0.3, 0.4) is 0 Å². The smallest absolute Gasteiger partial charge is 0.223 e. The Kier molecular flexibility index (Phi) is 5.44. The van der Waals surface area contributed by atoms with Crippen LogP contribution in [-0.2, 0) is 0 Å². The van der Waals surface area contributed by atoms with Crippen molar-refractivity contribution in [1.82, 2.24) is 9.97 Å². The number of aromatic nitrogens is 2. The molecule has 1 unspecified atom stereocenters. The molecular formula is C10H20N6O. The Balaban J connectivity index is 2.38. The van der Waals surface area contributed by atoms with E-state index in [-0.39, 0.29) is 12.6 Å². The van der Waals surface area contributed by atoms with E-state index in [1.165, 1.54) is 0 Å². The van der Waals surface area contributed by atoms with Crippen molar-refractivity contribution in [3.05, 3.63) is 6.07 Å². The minimum absolute atomic E-state index is 0.173. The zero-order valence-electron chi connectivity index (χ0n) is 9.98. The zero-order chi connectivity index (χ0) is 12.7. The topological polar surface area (TPSA) is 122 Å². The van der Waals surface area contributed by atoms with Gasteiger partial charge in [-0.2, -0.15) is 9.97 Å². The van der Waals surface area contributed by atoms with Gasteiger partial charge in [-0.15, -0.1) is 0 Å². The molecule has 0 saturated carbocycles. The number of nitrogens with two attached hydrogens (primary N) is 2. The van der Waals surface area contributed by atoms with Crippen molar-refractivity contribution < 1.29 is 5.11 Å². The van der Waals surface area contributed by atoms with Crippen LogP contribution in [0.1, 0.15) is 19.8 Å². The second kappa shape index (κ2) is 6.87. The van der Waals surface area contributed by atoms with E-state index in [0.29, 0.717) is 17.6 Å². The standard InChI is InChI=1S/C10H20N6O/c1-7(6-17)3-2-4-13-8-5-9(16-12)15-10(11)14-8/h5,7,17H,2-4,6,12H2,1H3,(H4,11,13,14,15,16). The Hall–Kier alpha value is -1.60. The molecule has 1 aromatic rings. The van der Waals surface area contributed by atoms with Crippen LogP contribution in [-0.4, -0.2) is 28.2 Å². The van der Waals surface area contributed by atoms with Gasteiger partial charge in [-0.1, -0.05) is 6.92 Å². The van der Waals surface area contributed by atoms with Gasteiger partial charge in [-0.25, -0.2) is 5.84 Å². The molecule has 0 bridgehead atoms. The zero-order valence-corrected chi connectivity index (χ0v) is 9.98. The fourth-order valence-corrected chi connectivity index (χ4v) is 1.39. The van der Waals surface area contributed by atoms with Crippen molar-refractivity contribution in [2.75, 3.05) is 29.6 Å². The van der Waals surface area contributed by atoms with Gasteiger partial charge in [0.05, 0.1) is 0 Å². The van der Waals surface area contributed by atoms with Crippen molar-refractivity contribution in [2.24, 2.45) is 11.8 Å². The number of anilines is 3. The predicted octanol–water partition coefficient (Wildman–Crippen LogP) is 0.165. The SMILES string of the molecule is CC(CO)CCCNc1cc(NN)nc(N)n1. The summed E-state index contributed by atoms with van der Waals surface area (Å²) < 4.78 is 0. The lowest BCUT2D eigenvalue weighted by molar-refractivity contribution is 0.229. The minimum atomic E-state index is 0.173. The normalized spacial score (nSPS) is 12.2. The number of hydrogen-bond acceptors (Lipinski definition) is 7. The summed E-state index contributed by atoms with van der Waals surface area (Å²) in [6.07, 6.45) is 1.92. The van der Waals surface area contributed by atoms with E-state index in [0.717, 1.165) is 19.4 Å². The molecule has 1 heterocycles. The summed E-state index contributed by atoms with van der Waals surface area (Å²) >= 11 is 0. The number of aliphatic hydroxyl groups is 1. The monoisotopic (exact) mass is 240 g/mol. The number of nitrogens with one attached hydrogen (secondary N) is 2. The number of hydrazine groups is 1. The molecule has 7 nitrogen and oxygen atoms in total. The molecule has 0 fully saturated rings. The molecule has 1 atom stereocenters. The predicted molar refractivity (Wildman–Crippen MR) is 68.2 cm³/mol. The van der Waals surface area contributed by atoms with E-state index in [9.17, 15) is 0 Å². The van der Waals surface area contributed by atoms with Gasteiger partial charge in [0.1, 0.15) is 11.6 Å². The molecule has 0 spiro atoms. The van der Waals surface area contributed by atoms with E-state index in [4.69, 9.17) is 16.7 Å². The van der Waals surface area contributed by atoms with Crippen molar-refractivity contribution in [3.8, 4) is 0 Å². The van der Waals surface area contributed by atoms with E-state index in [1.54, 1.807) is 6.07 Å². The average Bonchev–Trinajstić information content (AvgIpc) is 2.33. The quantitative estimate of drug-likeness (QED) is 0.261. The summed E-state index contributed by atoms with van der Waals surface area (Å²) in [5, 5.41) is 12.0. The Morgan fingerprint density at radius 2 is 2.12 bits per heavy atom. The molecule has 0 aromatic carbocycles. The Morgan fingerprint density at radius 1 is 1.41 bits per heavy atom. The maximum atomic E-state index is 8.88. The van der Waals surface area contributed by atoms with Crippen molar-refractivity contribution in [1.29, 1.82) is 0 Å². The molecule has 0 aliphatic rings. The molecule has 7 heteroatoms. The van der Waals surface area contributed by atoms with E-state index in [1.807, 2.05) is 6.92 Å². The van der Waals surface area contributed by atoms with Gasteiger partial charge in [0.2, 0.25) is 5.95 Å². The minimum Gasteiger partial charge on any atom is -0.396 e. The first-order valence-corrected chi connectivity index (χ1v) is 5.61. The lowest BCUT2D eigenvalue weighted by atomic mass is 10.1. The molecule has 1 rings (SSSR count). The molecule has 17 heavy (non-hydrogen) atoms. The number of rotatable bonds is 7. The molecule has 0 aliphatic heterocycles. The number of aliphatic hydroxyl groups excluding tert-OH is 1. The third-order valence-corrected chi connectivity index (χ3v) is 2.38. The maximum Gasteiger partial charge on any atom is 0.223 e. The molecule has 7 N–H and O–H groups in total. The van der Waals surface area contributed by atoms with Gasteiger partial charge >= 0.3 is 0 Å². The van der Waals surface area contributed by atoms with Crippen LogP contribution in [0.4, 0.5) is 17.6 Å². The fourth-order valence-electron chi connectivity index (χ4n) is 1.39. The first kappa shape index (κ1) is 13.5. The lowest BCUT2D eigenvalue weighted by Crippen LogP contribution is -2.13. The summed E-state index contributed by atoms with van der Waals surface area (Å²) in [7, 11) is 0. The first-order chi connectivity index (χ1) is 8.15. The number of nitrogen functional groups attached to an aromatic ring is 2. The molecule has 0 amide bonds.